The van der Waals surface area contributed by atoms with Gasteiger partial charge in [-0.1, -0.05) is 18.2 Å². The van der Waals surface area contributed by atoms with Crippen LogP contribution >= 0.6 is 0 Å². The molecule has 0 aliphatic carbocycles. The van der Waals surface area contributed by atoms with E-state index in [2.05, 4.69) is 10.6 Å². The molecule has 2 rings (SSSR count). The van der Waals surface area contributed by atoms with Crippen LogP contribution in [0.4, 0.5) is 16.2 Å². The van der Waals surface area contributed by atoms with Gasteiger partial charge in [-0.25, -0.2) is 4.79 Å². The first-order chi connectivity index (χ1) is 10.0. The van der Waals surface area contributed by atoms with Gasteiger partial charge in [-0.2, -0.15) is 0 Å². The number of carbonyl (C=O) groups is 1. The smallest absolute Gasteiger partial charge is 0.323 e. The van der Waals surface area contributed by atoms with Crippen molar-refractivity contribution in [2.45, 2.75) is 5.75 Å². The Kier molecular flexibility index (Phi) is 4.94. The number of nitrogens with one attached hydrogen (secondary N) is 2. The van der Waals surface area contributed by atoms with E-state index in [0.29, 0.717) is 17.1 Å². The third-order valence-electron chi connectivity index (χ3n) is 2.75. The summed E-state index contributed by atoms with van der Waals surface area (Å²) in [5, 5.41) is 14.6. The van der Waals surface area contributed by atoms with Gasteiger partial charge >= 0.3 is 6.03 Å². The Hall–Kier alpha value is -2.34. The number of phenolic OH excluding ortho intramolecular Hbond substituents is 1. The first kappa shape index (κ1) is 15.1. The van der Waals surface area contributed by atoms with Crippen molar-refractivity contribution in [3.05, 3.63) is 54.1 Å². The second-order valence-corrected chi connectivity index (χ2v) is 5.94. The number of aromatic hydroxyl groups is 1. The predicted octanol–water partition coefficient (Wildman–Crippen LogP) is 2.91. The molecule has 0 fully saturated rings. The number of hydrogen-bond acceptors (Lipinski definition) is 3. The lowest BCUT2D eigenvalue weighted by molar-refractivity contribution is 0.262. The minimum atomic E-state index is -0.982. The molecule has 0 spiro atoms. The molecule has 6 heteroatoms. The van der Waals surface area contributed by atoms with Gasteiger partial charge in [0.1, 0.15) is 5.75 Å². The molecule has 0 bridgehead atoms. The van der Waals surface area contributed by atoms with E-state index in [1.54, 1.807) is 30.5 Å². The van der Waals surface area contributed by atoms with Gasteiger partial charge in [-0.05, 0) is 35.9 Å². The highest BCUT2D eigenvalue weighted by molar-refractivity contribution is 7.83. The van der Waals surface area contributed by atoms with E-state index < -0.39 is 16.8 Å². The Morgan fingerprint density at radius 3 is 2.43 bits per heavy atom. The van der Waals surface area contributed by atoms with Gasteiger partial charge in [0.05, 0.1) is 5.75 Å². The molecule has 0 aliphatic heterocycles. The lowest BCUT2D eigenvalue weighted by Gasteiger charge is -2.11. The third kappa shape index (κ3) is 4.61. The average molecular weight is 304 g/mol. The largest absolute Gasteiger partial charge is 0.508 e. The standard InChI is InChI=1S/C15H16N2O3S/c1-21(20)10-11-4-2-3-5-14(11)17-15(19)16-12-6-8-13(18)9-7-12/h2-9,18H,10H2,1H3,(H2,16,17,19)/t21-/m0/s1. The highest BCUT2D eigenvalue weighted by Crippen LogP contribution is 2.18. The molecule has 21 heavy (non-hydrogen) atoms. The normalized spacial score (nSPS) is 11.7. The highest BCUT2D eigenvalue weighted by Gasteiger charge is 2.07. The van der Waals surface area contributed by atoms with Crippen LogP contribution in [-0.4, -0.2) is 21.6 Å². The second-order valence-electron chi connectivity index (χ2n) is 4.50. The second kappa shape index (κ2) is 6.90. The molecule has 2 aromatic rings. The Morgan fingerprint density at radius 2 is 1.76 bits per heavy atom. The number of rotatable bonds is 4. The molecule has 2 aromatic carbocycles. The zero-order chi connectivity index (χ0) is 15.2. The van der Waals surface area contributed by atoms with Gasteiger partial charge in [0.2, 0.25) is 0 Å². The van der Waals surface area contributed by atoms with Crippen molar-refractivity contribution in [2.75, 3.05) is 16.9 Å². The Balaban J connectivity index is 2.05. The minimum Gasteiger partial charge on any atom is -0.508 e. The number of urea groups is 1. The molecule has 0 radical (unpaired) electrons. The Labute approximate surface area is 125 Å². The molecule has 5 nitrogen and oxygen atoms in total. The number of anilines is 2. The molecule has 0 saturated carbocycles. The Morgan fingerprint density at radius 1 is 1.10 bits per heavy atom. The number of amides is 2. The fourth-order valence-corrected chi connectivity index (χ4v) is 2.51. The van der Waals surface area contributed by atoms with E-state index in [4.69, 9.17) is 0 Å². The number of para-hydroxylation sites is 1. The monoisotopic (exact) mass is 304 g/mol. The molecule has 3 N–H and O–H groups in total. The fraction of sp³-hybridized carbons (Fsp3) is 0.133. The van der Waals surface area contributed by atoms with Crippen LogP contribution in [0.25, 0.3) is 0 Å². The molecular weight excluding hydrogens is 288 g/mol. The van der Waals surface area contributed by atoms with Crippen LogP contribution in [0.1, 0.15) is 5.56 Å². The SMILES string of the molecule is C[S@](=O)Cc1ccccc1NC(=O)Nc1ccc(O)cc1. The summed E-state index contributed by atoms with van der Waals surface area (Å²) in [6.45, 7) is 0. The summed E-state index contributed by atoms with van der Waals surface area (Å²) in [4.78, 5) is 11.9. The molecule has 110 valence electrons. The van der Waals surface area contributed by atoms with E-state index in [9.17, 15) is 14.1 Å². The first-order valence-electron chi connectivity index (χ1n) is 6.29. The van der Waals surface area contributed by atoms with E-state index in [-0.39, 0.29) is 5.75 Å². The topological polar surface area (TPSA) is 78.4 Å². The van der Waals surface area contributed by atoms with Gasteiger partial charge in [0.15, 0.2) is 0 Å². The summed E-state index contributed by atoms with van der Waals surface area (Å²) in [7, 11) is -0.982. The summed E-state index contributed by atoms with van der Waals surface area (Å²) < 4.78 is 11.3. The maximum atomic E-state index is 11.9. The van der Waals surface area contributed by atoms with Gasteiger partial charge in [-0.15, -0.1) is 0 Å². The summed E-state index contributed by atoms with van der Waals surface area (Å²) in [6.07, 6.45) is 1.62. The van der Waals surface area contributed by atoms with Gasteiger partial charge in [0, 0.05) is 28.4 Å². The van der Waals surface area contributed by atoms with Crippen molar-refractivity contribution in [3.8, 4) is 5.75 Å². The lowest BCUT2D eigenvalue weighted by atomic mass is 10.2. The molecule has 0 unspecified atom stereocenters. The van der Waals surface area contributed by atoms with Crippen molar-refractivity contribution in [2.24, 2.45) is 0 Å². The number of phenols is 1. The predicted molar refractivity (Wildman–Crippen MR) is 85.0 cm³/mol. The van der Waals surface area contributed by atoms with Crippen LogP contribution in [0, 0.1) is 0 Å². The number of carbonyl (C=O) groups excluding carboxylic acids is 1. The molecule has 2 amide bonds. The zero-order valence-electron chi connectivity index (χ0n) is 11.5. The van der Waals surface area contributed by atoms with Crippen molar-refractivity contribution >= 4 is 28.2 Å². The quantitative estimate of drug-likeness (QED) is 0.760. The molecular formula is C15H16N2O3S. The maximum absolute atomic E-state index is 11.9. The van der Waals surface area contributed by atoms with Crippen molar-refractivity contribution in [3.63, 3.8) is 0 Å². The van der Waals surface area contributed by atoms with Gasteiger partial charge in [0.25, 0.3) is 0 Å². The van der Waals surface area contributed by atoms with E-state index in [1.807, 2.05) is 12.1 Å². The summed E-state index contributed by atoms with van der Waals surface area (Å²) >= 11 is 0. The van der Waals surface area contributed by atoms with Crippen LogP contribution in [0.3, 0.4) is 0 Å². The molecule has 1 atom stereocenters. The first-order valence-corrected chi connectivity index (χ1v) is 8.02. The number of hydrogen-bond donors (Lipinski definition) is 3. The van der Waals surface area contributed by atoms with Crippen molar-refractivity contribution in [1.82, 2.24) is 0 Å². The lowest BCUT2D eigenvalue weighted by Crippen LogP contribution is -2.20. The van der Waals surface area contributed by atoms with E-state index in [1.165, 1.54) is 12.1 Å². The van der Waals surface area contributed by atoms with Crippen LogP contribution in [-0.2, 0) is 16.6 Å². The van der Waals surface area contributed by atoms with Gasteiger partial charge in [-0.3, -0.25) is 4.21 Å². The molecule has 0 aliphatic rings. The van der Waals surface area contributed by atoms with Crippen molar-refractivity contribution < 1.29 is 14.1 Å². The highest BCUT2D eigenvalue weighted by atomic mass is 32.2. The average Bonchev–Trinajstić information content (AvgIpc) is 2.43. The van der Waals surface area contributed by atoms with Crippen LogP contribution in [0.5, 0.6) is 5.75 Å². The van der Waals surface area contributed by atoms with E-state index >= 15 is 0 Å². The van der Waals surface area contributed by atoms with Crippen LogP contribution < -0.4 is 10.6 Å². The van der Waals surface area contributed by atoms with E-state index in [0.717, 1.165) is 5.56 Å². The molecule has 0 aromatic heterocycles. The summed E-state index contributed by atoms with van der Waals surface area (Å²) in [5.74, 6) is 0.520. The Bertz CT molecular complexity index is 656. The molecule has 0 heterocycles. The third-order valence-corrected chi connectivity index (χ3v) is 3.47. The minimum absolute atomic E-state index is 0.136. The van der Waals surface area contributed by atoms with Crippen LogP contribution in [0.2, 0.25) is 0 Å². The van der Waals surface area contributed by atoms with Crippen LogP contribution in [0.15, 0.2) is 48.5 Å². The summed E-state index contributed by atoms with van der Waals surface area (Å²) in [5.41, 5.74) is 2.02. The zero-order valence-corrected chi connectivity index (χ0v) is 12.3. The number of benzene rings is 2. The fourth-order valence-electron chi connectivity index (χ4n) is 1.82. The summed E-state index contributed by atoms with van der Waals surface area (Å²) in [6, 6.07) is 13.0. The molecule has 0 saturated heterocycles. The maximum Gasteiger partial charge on any atom is 0.323 e. The van der Waals surface area contributed by atoms with Crippen molar-refractivity contribution in [1.29, 1.82) is 0 Å². The van der Waals surface area contributed by atoms with Gasteiger partial charge < -0.3 is 15.7 Å².